The molecule has 53 heavy (non-hydrogen) atoms. The summed E-state index contributed by atoms with van der Waals surface area (Å²) in [5.74, 6) is -4.43. The van der Waals surface area contributed by atoms with E-state index in [0.29, 0.717) is 19.3 Å². The van der Waals surface area contributed by atoms with Gasteiger partial charge in [-0.05, 0) is 19.3 Å². The molecule has 314 valence electrons. The Morgan fingerprint density at radius 2 is 0.717 bits per heavy atom. The van der Waals surface area contributed by atoms with Crippen molar-refractivity contribution >= 4 is 17.9 Å². The molecule has 0 heterocycles. The number of carbonyl (C=O) groups excluding carboxylic acids is 2. The molecule has 0 aliphatic rings. The van der Waals surface area contributed by atoms with Crippen LogP contribution in [0.1, 0.15) is 252 Å². The summed E-state index contributed by atoms with van der Waals surface area (Å²) in [7, 11) is 0. The number of carbonyl (C=O) groups is 3. The minimum absolute atomic E-state index is 0.142. The highest BCUT2D eigenvalue weighted by Crippen LogP contribution is 2.29. The molecule has 2 unspecified atom stereocenters. The Morgan fingerprint density at radius 3 is 1.02 bits per heavy atom. The van der Waals surface area contributed by atoms with Crippen LogP contribution in [-0.4, -0.2) is 46.9 Å². The Morgan fingerprint density at radius 1 is 0.434 bits per heavy atom. The van der Waals surface area contributed by atoms with Gasteiger partial charge >= 0.3 is 17.9 Å². The van der Waals surface area contributed by atoms with Gasteiger partial charge < -0.3 is 19.7 Å². The second-order valence-corrected chi connectivity index (χ2v) is 16.1. The van der Waals surface area contributed by atoms with Crippen molar-refractivity contribution in [2.45, 2.75) is 258 Å². The van der Waals surface area contributed by atoms with E-state index in [9.17, 15) is 24.6 Å². The lowest BCUT2D eigenvalue weighted by atomic mass is 9.81. The van der Waals surface area contributed by atoms with Gasteiger partial charge in [-0.3, -0.25) is 9.59 Å². The molecule has 0 aliphatic heterocycles. The summed E-state index contributed by atoms with van der Waals surface area (Å²) in [6.07, 6.45) is 40.7. The van der Waals surface area contributed by atoms with E-state index in [-0.39, 0.29) is 19.6 Å². The van der Waals surface area contributed by atoms with Crippen LogP contribution >= 0.6 is 0 Å². The summed E-state index contributed by atoms with van der Waals surface area (Å²) < 4.78 is 10.8. The maximum Gasteiger partial charge on any atom is 0.337 e. The maximum absolute atomic E-state index is 13.1. The molecule has 0 aliphatic carbocycles. The average Bonchev–Trinajstić information content (AvgIpc) is 3.14. The molecule has 0 saturated heterocycles. The van der Waals surface area contributed by atoms with Crippen LogP contribution in [0.25, 0.3) is 0 Å². The maximum atomic E-state index is 13.1. The standard InChI is InChI=1S/C46H88O7/c1-4-7-10-12-14-16-18-20-22-24-26-28-30-32-34-36-39-52-43(47)41-46(51,45(49)50)42(38-9-6-3)44(48)53-40-37-35-33-31-29-27-25-23-21-19-17-15-13-11-8-5-2/h42,51H,4-41H2,1-3H3,(H,49,50). The summed E-state index contributed by atoms with van der Waals surface area (Å²) in [5.41, 5.74) is -2.55. The molecule has 2 atom stereocenters. The van der Waals surface area contributed by atoms with Crippen LogP contribution in [0.5, 0.6) is 0 Å². The largest absolute Gasteiger partial charge is 0.479 e. The molecule has 7 nitrogen and oxygen atoms in total. The highest BCUT2D eigenvalue weighted by Gasteiger charge is 2.50. The molecule has 0 aromatic heterocycles. The van der Waals surface area contributed by atoms with E-state index < -0.39 is 35.8 Å². The van der Waals surface area contributed by atoms with Gasteiger partial charge in [0.2, 0.25) is 0 Å². The Labute approximate surface area is 327 Å². The zero-order valence-corrected chi connectivity index (χ0v) is 35.4. The first kappa shape index (κ1) is 51.4. The fourth-order valence-corrected chi connectivity index (χ4v) is 7.34. The highest BCUT2D eigenvalue weighted by molar-refractivity contribution is 5.90. The lowest BCUT2D eigenvalue weighted by molar-refractivity contribution is -0.183. The Balaban J connectivity index is 4.15. The number of aliphatic carboxylic acids is 1. The van der Waals surface area contributed by atoms with Crippen molar-refractivity contribution in [3.05, 3.63) is 0 Å². The van der Waals surface area contributed by atoms with Crippen LogP contribution < -0.4 is 0 Å². The second kappa shape index (κ2) is 38.6. The third kappa shape index (κ3) is 31.3. The fourth-order valence-electron chi connectivity index (χ4n) is 7.34. The molecule has 0 aromatic carbocycles. The van der Waals surface area contributed by atoms with Crippen molar-refractivity contribution in [1.82, 2.24) is 0 Å². The number of carboxylic acids is 1. The van der Waals surface area contributed by atoms with E-state index in [1.165, 1.54) is 167 Å². The van der Waals surface area contributed by atoms with Crippen LogP contribution in [0.15, 0.2) is 0 Å². The summed E-state index contributed by atoms with van der Waals surface area (Å²) in [6, 6.07) is 0. The first-order chi connectivity index (χ1) is 25.8. The zero-order chi connectivity index (χ0) is 39.1. The van der Waals surface area contributed by atoms with E-state index in [0.717, 1.165) is 32.1 Å². The van der Waals surface area contributed by atoms with E-state index in [1.807, 2.05) is 6.92 Å². The van der Waals surface area contributed by atoms with E-state index in [2.05, 4.69) is 13.8 Å². The second-order valence-electron chi connectivity index (χ2n) is 16.1. The van der Waals surface area contributed by atoms with Crippen LogP contribution in [0.4, 0.5) is 0 Å². The van der Waals surface area contributed by atoms with Gasteiger partial charge in [0.05, 0.1) is 25.6 Å². The summed E-state index contributed by atoms with van der Waals surface area (Å²) in [4.78, 5) is 38.0. The third-order valence-corrected chi connectivity index (χ3v) is 11.0. The quantitative estimate of drug-likeness (QED) is 0.0472. The van der Waals surface area contributed by atoms with Gasteiger partial charge in [0.15, 0.2) is 5.60 Å². The summed E-state index contributed by atoms with van der Waals surface area (Å²) in [5, 5.41) is 21.2. The lowest BCUT2D eigenvalue weighted by Gasteiger charge is -2.30. The van der Waals surface area contributed by atoms with Gasteiger partial charge in [-0.2, -0.15) is 0 Å². The van der Waals surface area contributed by atoms with Gasteiger partial charge in [-0.15, -0.1) is 0 Å². The number of unbranched alkanes of at least 4 members (excludes halogenated alkanes) is 31. The van der Waals surface area contributed by atoms with Gasteiger partial charge in [0.25, 0.3) is 0 Å². The normalized spacial score (nSPS) is 13.1. The van der Waals surface area contributed by atoms with Gasteiger partial charge in [-0.1, -0.05) is 226 Å². The first-order valence-electron chi connectivity index (χ1n) is 23.1. The van der Waals surface area contributed by atoms with Crippen LogP contribution in [0.3, 0.4) is 0 Å². The first-order valence-corrected chi connectivity index (χ1v) is 23.1. The number of carboxylic acid groups (broad SMARTS) is 1. The molecule has 7 heteroatoms. The Hall–Kier alpha value is -1.63. The topological polar surface area (TPSA) is 110 Å². The van der Waals surface area contributed by atoms with Crippen molar-refractivity contribution < 1.29 is 34.1 Å². The number of aliphatic hydroxyl groups is 1. The highest BCUT2D eigenvalue weighted by atomic mass is 16.5. The summed E-state index contributed by atoms with van der Waals surface area (Å²) in [6.45, 7) is 6.85. The molecule has 0 bridgehead atoms. The van der Waals surface area contributed by atoms with Crippen molar-refractivity contribution in [2.24, 2.45) is 5.92 Å². The van der Waals surface area contributed by atoms with Crippen molar-refractivity contribution in [3.63, 3.8) is 0 Å². The minimum atomic E-state index is -2.55. The SMILES string of the molecule is CCCCCCCCCCCCCCCCCCOC(=O)CC(O)(C(=O)O)C(CCCC)C(=O)OCCCCCCCCCCCCCCCCCC. The number of esters is 2. The molecular formula is C46H88O7. The van der Waals surface area contributed by atoms with Crippen molar-refractivity contribution in [3.8, 4) is 0 Å². The molecule has 2 N–H and O–H groups in total. The lowest BCUT2D eigenvalue weighted by Crippen LogP contribution is -2.51. The molecule has 0 saturated carbocycles. The van der Waals surface area contributed by atoms with E-state index in [4.69, 9.17) is 9.47 Å². The monoisotopic (exact) mass is 753 g/mol. The molecule has 0 fully saturated rings. The van der Waals surface area contributed by atoms with Gasteiger partial charge in [0, 0.05) is 0 Å². The van der Waals surface area contributed by atoms with Crippen molar-refractivity contribution in [2.75, 3.05) is 13.2 Å². The molecular weight excluding hydrogens is 664 g/mol. The molecule has 0 radical (unpaired) electrons. The van der Waals surface area contributed by atoms with Crippen molar-refractivity contribution in [1.29, 1.82) is 0 Å². The minimum Gasteiger partial charge on any atom is -0.479 e. The smallest absolute Gasteiger partial charge is 0.337 e. The number of hydrogen-bond donors (Lipinski definition) is 2. The number of ether oxygens (including phenoxy) is 2. The fraction of sp³-hybridized carbons (Fsp3) is 0.935. The van der Waals surface area contributed by atoms with Crippen LogP contribution in [0.2, 0.25) is 0 Å². The van der Waals surface area contributed by atoms with Gasteiger partial charge in [0.1, 0.15) is 0 Å². The van der Waals surface area contributed by atoms with Crippen LogP contribution in [0, 0.1) is 5.92 Å². The van der Waals surface area contributed by atoms with Crippen LogP contribution in [-0.2, 0) is 23.9 Å². The molecule has 0 rings (SSSR count). The van der Waals surface area contributed by atoms with Gasteiger partial charge in [-0.25, -0.2) is 4.79 Å². The third-order valence-electron chi connectivity index (χ3n) is 11.0. The zero-order valence-electron chi connectivity index (χ0n) is 35.4. The summed E-state index contributed by atoms with van der Waals surface area (Å²) >= 11 is 0. The van der Waals surface area contributed by atoms with E-state index in [1.54, 1.807) is 0 Å². The molecule has 0 aromatic rings. The number of rotatable bonds is 42. The Bertz CT molecular complexity index is 831. The predicted octanol–water partition coefficient (Wildman–Crippen LogP) is 13.6. The molecule has 0 spiro atoms. The predicted molar refractivity (Wildman–Crippen MR) is 221 cm³/mol. The molecule has 0 amide bonds. The Kier molecular flexibility index (Phi) is 37.4. The number of hydrogen-bond acceptors (Lipinski definition) is 6. The van der Waals surface area contributed by atoms with E-state index >= 15 is 0 Å². The average molecular weight is 753 g/mol.